The van der Waals surface area contributed by atoms with Crippen LogP contribution in [0.25, 0.3) is 28.0 Å². The molecule has 3 N–H and O–H groups in total. The Kier molecular flexibility index (Phi) is 6.15. The van der Waals surface area contributed by atoms with Crippen LogP contribution in [-0.4, -0.2) is 44.3 Å². The first kappa shape index (κ1) is 22.3. The summed E-state index contributed by atoms with van der Waals surface area (Å²) >= 11 is 0. The van der Waals surface area contributed by atoms with Crippen molar-refractivity contribution >= 4 is 11.6 Å². The number of fused-ring (bicyclic) bond motifs is 1. The summed E-state index contributed by atoms with van der Waals surface area (Å²) in [7, 11) is 0. The van der Waals surface area contributed by atoms with Crippen LogP contribution in [0.1, 0.15) is 37.1 Å². The quantitative estimate of drug-likeness (QED) is 0.433. The monoisotopic (exact) mass is 458 g/mol. The Morgan fingerprint density at radius 2 is 1.68 bits per heavy atom. The summed E-state index contributed by atoms with van der Waals surface area (Å²) in [5.74, 6) is 0.177. The lowest BCUT2D eigenvalue weighted by atomic mass is 9.99. The van der Waals surface area contributed by atoms with Crippen molar-refractivity contribution in [1.82, 2.24) is 24.6 Å². The van der Waals surface area contributed by atoms with E-state index in [2.05, 4.69) is 15.0 Å². The highest BCUT2D eigenvalue weighted by atomic mass is 16.2. The molecule has 3 aromatic heterocycles. The van der Waals surface area contributed by atoms with Crippen LogP contribution in [-0.2, 0) is 6.54 Å². The number of piperidine rings is 1. The average Bonchev–Trinajstić information content (AvgIpc) is 3.16. The second-order valence-electron chi connectivity index (χ2n) is 9.18. The molecule has 0 bridgehead atoms. The fourth-order valence-corrected chi connectivity index (χ4v) is 5.00. The third kappa shape index (κ3) is 4.33. The van der Waals surface area contributed by atoms with Gasteiger partial charge in [-0.25, -0.2) is 9.89 Å². The number of aryl methyl sites for hydroxylation is 3. The van der Waals surface area contributed by atoms with Gasteiger partial charge in [0.2, 0.25) is 5.65 Å². The molecule has 4 heterocycles. The van der Waals surface area contributed by atoms with Crippen molar-refractivity contribution in [3.05, 3.63) is 64.3 Å². The predicted molar refractivity (Wildman–Crippen MR) is 133 cm³/mol. The summed E-state index contributed by atoms with van der Waals surface area (Å²) in [5, 5.41) is 3.37. The van der Waals surface area contributed by atoms with Gasteiger partial charge in [-0.2, -0.15) is 4.68 Å². The Bertz CT molecular complexity index is 1350. The van der Waals surface area contributed by atoms with Gasteiger partial charge in [-0.05, 0) is 63.9 Å². The molecule has 4 aromatic rings. The van der Waals surface area contributed by atoms with Crippen molar-refractivity contribution in [2.45, 2.75) is 46.1 Å². The van der Waals surface area contributed by atoms with E-state index in [0.29, 0.717) is 12.2 Å². The summed E-state index contributed by atoms with van der Waals surface area (Å²) in [6, 6.07) is 14.0. The van der Waals surface area contributed by atoms with E-state index in [-0.39, 0.29) is 11.6 Å². The molecule has 176 valence electrons. The second-order valence-corrected chi connectivity index (χ2v) is 9.18. The number of hydrogen-bond donors (Lipinski definition) is 2. The van der Waals surface area contributed by atoms with Crippen molar-refractivity contribution < 1.29 is 4.40 Å². The van der Waals surface area contributed by atoms with Crippen molar-refractivity contribution in [1.29, 1.82) is 0 Å². The normalized spacial score (nSPS) is 14.6. The Morgan fingerprint density at radius 3 is 2.38 bits per heavy atom. The van der Waals surface area contributed by atoms with Crippen molar-refractivity contribution in [3.63, 3.8) is 0 Å². The standard InChI is InChI=1S/C26H31N7O/c1-18-16-21(17-19(2)28-18)22-23(20-10-5-3-6-11-20)29-25(27)33-24(22)30-32(26(33)34)15-9-14-31-12-7-4-8-13-31/h3,5-6,10-11,16-17H,4,7-9,12-15H2,1-2H3,(H2,27,28,29,30)/p+1. The molecule has 1 aliphatic rings. The molecule has 5 rings (SSSR count). The van der Waals surface area contributed by atoms with Crippen molar-refractivity contribution in [2.24, 2.45) is 0 Å². The van der Waals surface area contributed by atoms with E-state index < -0.39 is 0 Å². The zero-order chi connectivity index (χ0) is 23.7. The average molecular weight is 459 g/mol. The molecule has 1 aliphatic heterocycles. The zero-order valence-electron chi connectivity index (χ0n) is 19.9. The highest BCUT2D eigenvalue weighted by Crippen LogP contribution is 2.33. The molecular weight excluding hydrogens is 426 g/mol. The minimum atomic E-state index is -0.193. The number of nitrogen functional groups attached to an aromatic ring is 1. The van der Waals surface area contributed by atoms with Gasteiger partial charge in [-0.3, -0.25) is 4.98 Å². The number of nitrogens with two attached hydrogens (primary N) is 1. The fourth-order valence-electron chi connectivity index (χ4n) is 5.00. The third-order valence-corrected chi connectivity index (χ3v) is 6.54. The first-order chi connectivity index (χ1) is 16.5. The molecule has 0 atom stereocenters. The molecule has 1 saturated heterocycles. The number of aromatic nitrogens is 5. The van der Waals surface area contributed by atoms with E-state index in [1.54, 1.807) is 4.68 Å². The van der Waals surface area contributed by atoms with Crippen LogP contribution < -0.4 is 15.8 Å². The van der Waals surface area contributed by atoms with Crippen LogP contribution in [0.2, 0.25) is 0 Å². The molecule has 8 heteroatoms. The Hall–Kier alpha value is -3.52. The molecule has 1 fully saturated rings. The number of rotatable bonds is 6. The summed E-state index contributed by atoms with van der Waals surface area (Å²) in [6.07, 6.45) is 4.75. The number of likely N-dealkylation sites (tertiary alicyclic amines) is 1. The van der Waals surface area contributed by atoms with Gasteiger partial charge in [0.05, 0.1) is 12.1 Å². The number of anilines is 1. The molecule has 1 aromatic carbocycles. The lowest BCUT2D eigenvalue weighted by Crippen LogP contribution is -2.44. The van der Waals surface area contributed by atoms with Gasteiger partial charge in [-0.1, -0.05) is 36.8 Å². The molecule has 0 spiro atoms. The SMILES string of the molecule is Cc1cc(-c2c(-c3ccccc3)nc(N)[n+]3c(=O)n(CCCN4CCCCC4)[nH]c23)cc(C)n1. The molecule has 0 saturated carbocycles. The van der Waals surface area contributed by atoms with Gasteiger partial charge in [0.15, 0.2) is 0 Å². The Labute approximate surface area is 199 Å². The van der Waals surface area contributed by atoms with Crippen LogP contribution in [0, 0.1) is 13.8 Å². The smallest absolute Gasteiger partial charge is 0.319 e. The molecular formula is C26H32N7O+. The molecule has 0 radical (unpaired) electrons. The van der Waals surface area contributed by atoms with Gasteiger partial charge in [-0.15, -0.1) is 9.38 Å². The van der Waals surface area contributed by atoms with Crippen LogP contribution in [0.4, 0.5) is 5.95 Å². The number of hydrogen-bond acceptors (Lipinski definition) is 5. The van der Waals surface area contributed by atoms with Gasteiger partial charge >= 0.3 is 11.6 Å². The zero-order valence-corrected chi connectivity index (χ0v) is 19.9. The topological polar surface area (TPSA) is 96.9 Å². The number of aromatic amines is 1. The van der Waals surface area contributed by atoms with Gasteiger partial charge in [0, 0.05) is 23.5 Å². The van der Waals surface area contributed by atoms with Crippen molar-refractivity contribution in [3.8, 4) is 22.4 Å². The van der Waals surface area contributed by atoms with E-state index in [9.17, 15) is 4.79 Å². The fraction of sp³-hybridized carbons (Fsp3) is 0.385. The molecule has 0 amide bonds. The lowest BCUT2D eigenvalue weighted by molar-refractivity contribution is -0.516. The van der Waals surface area contributed by atoms with E-state index in [1.807, 2.05) is 56.3 Å². The van der Waals surface area contributed by atoms with Crippen LogP contribution in [0.3, 0.4) is 0 Å². The lowest BCUT2D eigenvalue weighted by Gasteiger charge is -2.25. The maximum atomic E-state index is 13.3. The first-order valence-corrected chi connectivity index (χ1v) is 12.1. The Morgan fingerprint density at radius 1 is 0.971 bits per heavy atom. The maximum Gasteiger partial charge on any atom is 0.428 e. The van der Waals surface area contributed by atoms with Crippen LogP contribution in [0.15, 0.2) is 47.3 Å². The number of nitrogens with one attached hydrogen (secondary N) is 1. The molecule has 0 unspecified atom stereocenters. The van der Waals surface area contributed by atoms with Crippen molar-refractivity contribution in [2.75, 3.05) is 25.4 Å². The van der Waals surface area contributed by atoms with Crippen LogP contribution >= 0.6 is 0 Å². The maximum absolute atomic E-state index is 13.3. The van der Waals surface area contributed by atoms with E-state index in [4.69, 9.17) is 10.7 Å². The third-order valence-electron chi connectivity index (χ3n) is 6.54. The Balaban J connectivity index is 1.62. The summed E-state index contributed by atoms with van der Waals surface area (Å²) in [5.41, 5.74) is 12.1. The van der Waals surface area contributed by atoms with Crippen LogP contribution in [0.5, 0.6) is 0 Å². The number of pyridine rings is 1. The van der Waals surface area contributed by atoms with E-state index >= 15 is 0 Å². The number of benzene rings is 1. The summed E-state index contributed by atoms with van der Waals surface area (Å²) < 4.78 is 3.16. The summed E-state index contributed by atoms with van der Waals surface area (Å²) in [4.78, 5) is 25.1. The van der Waals surface area contributed by atoms with E-state index in [0.717, 1.165) is 59.8 Å². The highest BCUT2D eigenvalue weighted by Gasteiger charge is 2.26. The van der Waals surface area contributed by atoms with Gasteiger partial charge in [0.1, 0.15) is 5.69 Å². The van der Waals surface area contributed by atoms with Gasteiger partial charge in [0.25, 0.3) is 0 Å². The molecule has 8 nitrogen and oxygen atoms in total. The molecule has 34 heavy (non-hydrogen) atoms. The number of H-pyrrole nitrogens is 1. The molecule has 0 aliphatic carbocycles. The minimum Gasteiger partial charge on any atom is -0.319 e. The van der Waals surface area contributed by atoms with E-state index in [1.165, 1.54) is 23.7 Å². The highest BCUT2D eigenvalue weighted by molar-refractivity contribution is 5.88. The summed E-state index contributed by atoms with van der Waals surface area (Å²) in [6.45, 7) is 7.84. The second kappa shape index (κ2) is 9.38. The number of nitrogens with zero attached hydrogens (tertiary/aromatic N) is 5. The predicted octanol–water partition coefficient (Wildman–Crippen LogP) is 3.11. The van der Waals surface area contributed by atoms with Gasteiger partial charge < -0.3 is 10.6 Å². The largest absolute Gasteiger partial charge is 0.428 e. The minimum absolute atomic E-state index is 0.177. The first-order valence-electron chi connectivity index (χ1n) is 12.1.